The van der Waals surface area contributed by atoms with E-state index in [9.17, 15) is 0 Å². The van der Waals surface area contributed by atoms with Crippen molar-refractivity contribution in [2.75, 3.05) is 4.90 Å². The molecule has 0 saturated carbocycles. The first-order valence-corrected chi connectivity index (χ1v) is 15.3. The molecule has 6 aromatic carbocycles. The van der Waals surface area contributed by atoms with Gasteiger partial charge in [-0.1, -0.05) is 131 Å². The van der Waals surface area contributed by atoms with Gasteiger partial charge in [0.2, 0.25) is 0 Å². The van der Waals surface area contributed by atoms with Gasteiger partial charge in [-0.05, 0) is 92.0 Å². The minimum absolute atomic E-state index is 0.0217. The molecule has 1 nitrogen and oxygen atoms in total. The summed E-state index contributed by atoms with van der Waals surface area (Å²) in [5.41, 5.74) is 16.9. The Morgan fingerprint density at radius 2 is 0.930 bits per heavy atom. The van der Waals surface area contributed by atoms with Gasteiger partial charge in [-0.2, -0.15) is 0 Å². The first-order valence-electron chi connectivity index (χ1n) is 15.3. The Labute approximate surface area is 255 Å². The van der Waals surface area contributed by atoms with Crippen LogP contribution in [0.3, 0.4) is 0 Å². The number of nitrogens with zero attached hydrogens (tertiary/aromatic N) is 1. The van der Waals surface area contributed by atoms with Gasteiger partial charge in [0.05, 0.1) is 5.69 Å². The third kappa shape index (κ3) is 3.78. The zero-order chi connectivity index (χ0) is 29.3. The van der Waals surface area contributed by atoms with Crippen molar-refractivity contribution in [3.63, 3.8) is 0 Å². The molecule has 43 heavy (non-hydrogen) atoms. The van der Waals surface area contributed by atoms with Crippen LogP contribution in [0.25, 0.3) is 33.4 Å². The second-order valence-corrected chi connectivity index (χ2v) is 13.0. The van der Waals surface area contributed by atoms with Crippen molar-refractivity contribution in [3.05, 3.63) is 162 Å². The molecular formula is C42H35N. The van der Waals surface area contributed by atoms with Crippen molar-refractivity contribution in [1.82, 2.24) is 0 Å². The molecule has 0 atom stereocenters. The van der Waals surface area contributed by atoms with Crippen molar-refractivity contribution < 1.29 is 0 Å². The van der Waals surface area contributed by atoms with Crippen molar-refractivity contribution in [1.29, 1.82) is 0 Å². The van der Waals surface area contributed by atoms with E-state index in [2.05, 4.69) is 172 Å². The summed E-state index contributed by atoms with van der Waals surface area (Å²) in [7, 11) is 0. The highest BCUT2D eigenvalue weighted by atomic mass is 15.1. The van der Waals surface area contributed by atoms with Crippen LogP contribution in [0.15, 0.2) is 140 Å². The lowest BCUT2D eigenvalue weighted by Crippen LogP contribution is -2.20. The molecule has 0 amide bonds. The normalized spacial score (nSPS) is 14.9. The highest BCUT2D eigenvalue weighted by Crippen LogP contribution is 2.54. The summed E-state index contributed by atoms with van der Waals surface area (Å²) < 4.78 is 0. The molecule has 2 aliphatic carbocycles. The molecule has 0 spiro atoms. The van der Waals surface area contributed by atoms with Gasteiger partial charge in [-0.25, -0.2) is 0 Å². The zero-order valence-corrected chi connectivity index (χ0v) is 25.2. The molecule has 0 aliphatic heterocycles. The Balaban J connectivity index is 1.24. The highest BCUT2D eigenvalue weighted by molar-refractivity contribution is 5.91. The van der Waals surface area contributed by atoms with Crippen molar-refractivity contribution in [3.8, 4) is 33.4 Å². The maximum atomic E-state index is 2.43. The SMILES string of the molecule is CC1(C)c2ccccc2-c2cc(-c3ccc(N(c4ccccc4)c4cccc5c4C(C)(C)c4ccccc4-5)cc3)ccc21. The largest absolute Gasteiger partial charge is 0.310 e. The third-order valence-corrected chi connectivity index (χ3v) is 9.86. The predicted octanol–water partition coefficient (Wildman–Crippen LogP) is 11.4. The van der Waals surface area contributed by atoms with Crippen LogP contribution in [0, 0.1) is 0 Å². The van der Waals surface area contributed by atoms with Crippen LogP contribution >= 0.6 is 0 Å². The van der Waals surface area contributed by atoms with Gasteiger partial charge in [0.25, 0.3) is 0 Å². The molecule has 0 bridgehead atoms. The quantitative estimate of drug-likeness (QED) is 0.210. The van der Waals surface area contributed by atoms with Gasteiger partial charge in [0.15, 0.2) is 0 Å². The van der Waals surface area contributed by atoms with Gasteiger partial charge in [0.1, 0.15) is 0 Å². The summed E-state index contributed by atoms with van der Waals surface area (Å²) >= 11 is 0. The first kappa shape index (κ1) is 25.8. The van der Waals surface area contributed by atoms with E-state index >= 15 is 0 Å². The van der Waals surface area contributed by atoms with Crippen molar-refractivity contribution in [2.24, 2.45) is 0 Å². The summed E-state index contributed by atoms with van der Waals surface area (Å²) in [6.45, 7) is 9.40. The number of para-hydroxylation sites is 1. The van der Waals surface area contributed by atoms with Crippen LogP contribution in [-0.2, 0) is 10.8 Å². The molecule has 0 aromatic heterocycles. The lowest BCUT2D eigenvalue weighted by atomic mass is 9.81. The molecule has 6 aromatic rings. The maximum absolute atomic E-state index is 2.43. The smallest absolute Gasteiger partial charge is 0.0508 e. The minimum atomic E-state index is -0.107. The number of rotatable bonds is 4. The summed E-state index contributed by atoms with van der Waals surface area (Å²) in [5, 5.41) is 0. The molecule has 208 valence electrons. The highest BCUT2D eigenvalue weighted by Gasteiger charge is 2.39. The Bertz CT molecular complexity index is 2010. The summed E-state index contributed by atoms with van der Waals surface area (Å²) in [6, 6.07) is 51.4. The first-order chi connectivity index (χ1) is 20.9. The molecule has 0 N–H and O–H groups in total. The van der Waals surface area contributed by atoms with Gasteiger partial charge in [-0.15, -0.1) is 0 Å². The van der Waals surface area contributed by atoms with Gasteiger partial charge < -0.3 is 4.90 Å². The van der Waals surface area contributed by atoms with Gasteiger partial charge >= 0.3 is 0 Å². The molecular weight excluding hydrogens is 518 g/mol. The topological polar surface area (TPSA) is 3.24 Å². The maximum Gasteiger partial charge on any atom is 0.0508 e. The van der Waals surface area contributed by atoms with Crippen LogP contribution < -0.4 is 4.90 Å². The Kier molecular flexibility index (Phi) is 5.59. The standard InChI is InChI=1S/C42H35N/c1-41(2)36-18-10-9-16-33(36)35-27-29(23-26-38(35)41)28-21-24-31(25-22-28)43(30-13-6-5-7-14-30)39-20-12-17-34-32-15-8-11-19-37(32)42(3,4)40(34)39/h5-27H,1-4H3. The lowest BCUT2D eigenvalue weighted by molar-refractivity contribution is 0.660. The van der Waals surface area contributed by atoms with Crippen LogP contribution in [0.4, 0.5) is 17.1 Å². The number of fused-ring (bicyclic) bond motifs is 6. The second-order valence-electron chi connectivity index (χ2n) is 13.0. The van der Waals surface area contributed by atoms with E-state index in [0.29, 0.717) is 0 Å². The summed E-state index contributed by atoms with van der Waals surface area (Å²) in [6.07, 6.45) is 0. The van der Waals surface area contributed by atoms with Gasteiger partial charge in [0, 0.05) is 22.2 Å². The third-order valence-electron chi connectivity index (χ3n) is 9.86. The molecule has 0 radical (unpaired) electrons. The van der Waals surface area contributed by atoms with E-state index in [4.69, 9.17) is 0 Å². The van der Waals surface area contributed by atoms with E-state index in [-0.39, 0.29) is 10.8 Å². The number of hydrogen-bond acceptors (Lipinski definition) is 1. The number of hydrogen-bond donors (Lipinski definition) is 0. The fraction of sp³-hybridized carbons (Fsp3) is 0.143. The monoisotopic (exact) mass is 553 g/mol. The average molecular weight is 554 g/mol. The fourth-order valence-electron chi connectivity index (χ4n) is 7.71. The van der Waals surface area contributed by atoms with Crippen molar-refractivity contribution >= 4 is 17.1 Å². The molecule has 0 unspecified atom stereocenters. The van der Waals surface area contributed by atoms with E-state index in [1.165, 1.54) is 61.3 Å². The molecule has 0 fully saturated rings. The zero-order valence-electron chi connectivity index (χ0n) is 25.2. The van der Waals surface area contributed by atoms with E-state index in [1.807, 2.05) is 0 Å². The number of anilines is 3. The van der Waals surface area contributed by atoms with Crippen molar-refractivity contribution in [2.45, 2.75) is 38.5 Å². The molecule has 0 saturated heterocycles. The molecule has 2 aliphatic rings. The number of benzene rings is 6. The molecule has 0 heterocycles. The van der Waals surface area contributed by atoms with E-state index in [1.54, 1.807) is 0 Å². The minimum Gasteiger partial charge on any atom is -0.310 e. The predicted molar refractivity (Wildman–Crippen MR) is 182 cm³/mol. The summed E-state index contributed by atoms with van der Waals surface area (Å²) in [4.78, 5) is 2.43. The van der Waals surface area contributed by atoms with Gasteiger partial charge in [-0.3, -0.25) is 0 Å². The second kappa shape index (κ2) is 9.31. The summed E-state index contributed by atoms with van der Waals surface area (Å²) in [5.74, 6) is 0. The van der Waals surface area contributed by atoms with E-state index in [0.717, 1.165) is 11.4 Å². The lowest BCUT2D eigenvalue weighted by Gasteiger charge is -2.32. The van der Waals surface area contributed by atoms with Crippen LogP contribution in [0.1, 0.15) is 49.9 Å². The Morgan fingerprint density at radius 1 is 0.395 bits per heavy atom. The van der Waals surface area contributed by atoms with Crippen LogP contribution in [0.2, 0.25) is 0 Å². The molecule has 8 rings (SSSR count). The van der Waals surface area contributed by atoms with Crippen LogP contribution in [-0.4, -0.2) is 0 Å². The average Bonchev–Trinajstić information content (AvgIpc) is 3.42. The Morgan fingerprint density at radius 3 is 1.65 bits per heavy atom. The fourth-order valence-corrected chi connectivity index (χ4v) is 7.71. The molecule has 1 heteroatoms. The Hall–Kier alpha value is -4.88. The van der Waals surface area contributed by atoms with E-state index < -0.39 is 0 Å². The van der Waals surface area contributed by atoms with Crippen LogP contribution in [0.5, 0.6) is 0 Å².